The van der Waals surface area contributed by atoms with Crippen LogP contribution in [0.1, 0.15) is 21.6 Å². The maximum Gasteiger partial charge on any atom is 0.261 e. The van der Waals surface area contributed by atoms with Crippen molar-refractivity contribution in [3.05, 3.63) is 83.8 Å². The highest BCUT2D eigenvalue weighted by molar-refractivity contribution is 6.07. The molecule has 0 radical (unpaired) electrons. The Balaban J connectivity index is 1.77. The highest BCUT2D eigenvalue weighted by Crippen LogP contribution is 2.31. The van der Waals surface area contributed by atoms with Crippen molar-refractivity contribution in [1.29, 1.82) is 0 Å². The number of carbonyl (C=O) groups is 1. The molecule has 0 bridgehead atoms. The van der Waals surface area contributed by atoms with Gasteiger partial charge in [-0.25, -0.2) is 4.68 Å². The van der Waals surface area contributed by atoms with Crippen LogP contribution in [0.2, 0.25) is 0 Å². The Morgan fingerprint density at radius 1 is 0.935 bits per heavy atom. The summed E-state index contributed by atoms with van der Waals surface area (Å²) in [6, 6.07) is 17.1. The summed E-state index contributed by atoms with van der Waals surface area (Å²) < 4.78 is 14.3. The Morgan fingerprint density at radius 2 is 1.61 bits per heavy atom. The monoisotopic (exact) mass is 416 g/mol. The van der Waals surface area contributed by atoms with Crippen molar-refractivity contribution in [3.8, 4) is 23.0 Å². The molecular weight excluding hydrogens is 392 g/mol. The number of aromatic nitrogens is 3. The quantitative estimate of drug-likeness (QED) is 0.501. The van der Waals surface area contributed by atoms with Gasteiger partial charge >= 0.3 is 0 Å². The minimum atomic E-state index is -0.258. The van der Waals surface area contributed by atoms with Crippen molar-refractivity contribution >= 4 is 11.6 Å². The third-order valence-electron chi connectivity index (χ3n) is 5.03. The van der Waals surface area contributed by atoms with E-state index in [2.05, 4.69) is 10.4 Å². The summed E-state index contributed by atoms with van der Waals surface area (Å²) in [4.78, 5) is 13.4. The van der Waals surface area contributed by atoms with Gasteiger partial charge in [0.05, 0.1) is 25.6 Å². The lowest BCUT2D eigenvalue weighted by Crippen LogP contribution is -2.16. The van der Waals surface area contributed by atoms with Crippen molar-refractivity contribution in [3.63, 3.8) is 0 Å². The van der Waals surface area contributed by atoms with Crippen LogP contribution in [-0.2, 0) is 0 Å². The number of rotatable bonds is 6. The molecule has 2 aromatic carbocycles. The number of hydrogen-bond donors (Lipinski definition) is 1. The number of hydrogen-bond acceptors (Lipinski definition) is 4. The molecule has 0 atom stereocenters. The van der Waals surface area contributed by atoms with Crippen molar-refractivity contribution in [1.82, 2.24) is 14.3 Å². The van der Waals surface area contributed by atoms with Crippen LogP contribution >= 0.6 is 0 Å². The number of anilines is 1. The topological polar surface area (TPSA) is 70.3 Å². The van der Waals surface area contributed by atoms with Crippen LogP contribution in [0.15, 0.2) is 67.0 Å². The van der Waals surface area contributed by atoms with E-state index in [4.69, 9.17) is 9.47 Å². The molecule has 4 rings (SSSR count). The molecular formula is C24H24N4O3. The minimum Gasteiger partial charge on any atom is -0.493 e. The highest BCUT2D eigenvalue weighted by Gasteiger charge is 2.24. The molecule has 1 N–H and O–H groups in total. The van der Waals surface area contributed by atoms with Gasteiger partial charge in [0.15, 0.2) is 17.3 Å². The van der Waals surface area contributed by atoms with Crippen LogP contribution in [0.4, 0.5) is 5.69 Å². The molecule has 0 unspecified atom stereocenters. The predicted octanol–water partition coefficient (Wildman–Crippen LogP) is 4.55. The van der Waals surface area contributed by atoms with Crippen LogP contribution in [-0.4, -0.2) is 34.5 Å². The number of amides is 1. The second-order valence-electron chi connectivity index (χ2n) is 7.15. The number of nitrogens with one attached hydrogen (secondary N) is 1. The van der Waals surface area contributed by atoms with Gasteiger partial charge < -0.3 is 19.4 Å². The fraction of sp³-hybridized carbons (Fsp3) is 0.167. The first-order chi connectivity index (χ1) is 15.0. The second kappa shape index (κ2) is 8.39. The lowest BCUT2D eigenvalue weighted by Gasteiger charge is -2.13. The molecule has 0 saturated carbocycles. The van der Waals surface area contributed by atoms with Crippen molar-refractivity contribution in [2.75, 3.05) is 19.5 Å². The van der Waals surface area contributed by atoms with Gasteiger partial charge in [-0.2, -0.15) is 5.10 Å². The van der Waals surface area contributed by atoms with Crippen LogP contribution in [0.5, 0.6) is 11.5 Å². The van der Waals surface area contributed by atoms with E-state index in [9.17, 15) is 4.79 Å². The fourth-order valence-electron chi connectivity index (χ4n) is 3.47. The minimum absolute atomic E-state index is 0.258. The van der Waals surface area contributed by atoms with E-state index in [0.717, 1.165) is 11.3 Å². The normalized spacial score (nSPS) is 10.7. The molecule has 0 aliphatic carbocycles. The summed E-state index contributed by atoms with van der Waals surface area (Å²) in [6.45, 7) is 3.87. The van der Waals surface area contributed by atoms with E-state index in [-0.39, 0.29) is 5.91 Å². The van der Waals surface area contributed by atoms with Crippen LogP contribution in [0.3, 0.4) is 0 Å². The van der Waals surface area contributed by atoms with Gasteiger partial charge in [0.1, 0.15) is 5.56 Å². The molecule has 2 aromatic heterocycles. The Hall–Kier alpha value is -4.00. The van der Waals surface area contributed by atoms with Gasteiger partial charge in [-0.15, -0.1) is 0 Å². The molecule has 158 valence electrons. The van der Waals surface area contributed by atoms with Crippen LogP contribution in [0.25, 0.3) is 11.5 Å². The van der Waals surface area contributed by atoms with Crippen LogP contribution in [0, 0.1) is 13.8 Å². The number of carbonyl (C=O) groups excluding carboxylic acids is 1. The molecule has 2 heterocycles. The number of aryl methyl sites for hydroxylation is 2. The van der Waals surface area contributed by atoms with Crippen molar-refractivity contribution in [2.24, 2.45) is 0 Å². The lowest BCUT2D eigenvalue weighted by molar-refractivity contribution is 0.102. The Labute approximate surface area is 180 Å². The summed E-state index contributed by atoms with van der Waals surface area (Å²) in [5, 5.41) is 7.64. The molecule has 0 aliphatic heterocycles. The van der Waals surface area contributed by atoms with E-state index in [1.54, 1.807) is 37.1 Å². The van der Waals surface area contributed by atoms with Crippen molar-refractivity contribution < 1.29 is 14.3 Å². The van der Waals surface area contributed by atoms with Gasteiger partial charge in [0.2, 0.25) is 0 Å². The summed E-state index contributed by atoms with van der Waals surface area (Å²) >= 11 is 0. The van der Waals surface area contributed by atoms with Crippen LogP contribution < -0.4 is 14.8 Å². The molecule has 4 aromatic rings. The fourth-order valence-corrected chi connectivity index (χ4v) is 3.47. The Bertz CT molecular complexity index is 1210. The first kappa shape index (κ1) is 20.3. The molecule has 1 amide bonds. The van der Waals surface area contributed by atoms with Gasteiger partial charge in [-0.1, -0.05) is 17.7 Å². The maximum atomic E-state index is 13.4. The van der Waals surface area contributed by atoms with Gasteiger partial charge in [0.25, 0.3) is 5.91 Å². The zero-order valence-corrected chi connectivity index (χ0v) is 17.9. The maximum absolute atomic E-state index is 13.4. The number of benzene rings is 2. The number of nitrogens with zero attached hydrogens (tertiary/aromatic N) is 3. The smallest absolute Gasteiger partial charge is 0.261 e. The molecule has 7 heteroatoms. The first-order valence-electron chi connectivity index (χ1n) is 9.85. The molecule has 0 fully saturated rings. The summed E-state index contributed by atoms with van der Waals surface area (Å²) in [5.74, 6) is 1.55. The summed E-state index contributed by atoms with van der Waals surface area (Å²) in [6.07, 6.45) is 3.79. The second-order valence-corrected chi connectivity index (χ2v) is 7.15. The zero-order chi connectivity index (χ0) is 22.0. The Kier molecular flexibility index (Phi) is 5.49. The molecule has 7 nitrogen and oxygen atoms in total. The average molecular weight is 416 g/mol. The Morgan fingerprint density at radius 3 is 2.26 bits per heavy atom. The largest absolute Gasteiger partial charge is 0.493 e. The SMILES string of the molecule is COc1ccc(NC(=O)c2c(C)nn(-c3ccc(C)cc3)c2-n2cccc2)cc1OC. The van der Waals surface area contributed by atoms with E-state index < -0.39 is 0 Å². The van der Waals surface area contributed by atoms with Gasteiger partial charge in [-0.05, 0) is 50.2 Å². The number of ether oxygens (including phenoxy) is 2. The third kappa shape index (κ3) is 3.90. The van der Waals surface area contributed by atoms with Gasteiger partial charge in [0, 0.05) is 24.1 Å². The summed E-state index contributed by atoms with van der Waals surface area (Å²) in [5.41, 5.74) is 3.75. The highest BCUT2D eigenvalue weighted by atomic mass is 16.5. The standard InChI is InChI=1S/C24H24N4O3/c1-16-7-10-19(11-8-16)28-24(27-13-5-6-14-27)22(17(2)26-28)23(29)25-18-9-12-20(30-3)21(15-18)31-4/h5-15H,1-4H3,(H,25,29). The van der Waals surface area contributed by atoms with Gasteiger partial charge in [-0.3, -0.25) is 4.79 Å². The molecule has 0 saturated heterocycles. The number of methoxy groups -OCH3 is 2. The first-order valence-corrected chi connectivity index (χ1v) is 9.85. The molecule has 0 spiro atoms. The predicted molar refractivity (Wildman–Crippen MR) is 120 cm³/mol. The average Bonchev–Trinajstić information content (AvgIpc) is 3.41. The van der Waals surface area contributed by atoms with E-state index >= 15 is 0 Å². The summed E-state index contributed by atoms with van der Waals surface area (Å²) in [7, 11) is 3.13. The molecule has 0 aliphatic rings. The lowest BCUT2D eigenvalue weighted by atomic mass is 10.2. The van der Waals surface area contributed by atoms with E-state index in [1.165, 1.54) is 0 Å². The van der Waals surface area contributed by atoms with E-state index in [1.807, 2.05) is 67.2 Å². The molecule has 31 heavy (non-hydrogen) atoms. The third-order valence-corrected chi connectivity index (χ3v) is 5.03. The zero-order valence-electron chi connectivity index (χ0n) is 17.9. The van der Waals surface area contributed by atoms with E-state index in [0.29, 0.717) is 34.3 Å². The van der Waals surface area contributed by atoms with Crippen molar-refractivity contribution in [2.45, 2.75) is 13.8 Å².